The van der Waals surface area contributed by atoms with E-state index >= 15 is 0 Å². The molecule has 21 heavy (non-hydrogen) atoms. The van der Waals surface area contributed by atoms with Gasteiger partial charge in [-0.2, -0.15) is 0 Å². The number of anilines is 1. The summed E-state index contributed by atoms with van der Waals surface area (Å²) in [7, 11) is 0. The normalized spacial score (nSPS) is 17.3. The van der Waals surface area contributed by atoms with Crippen molar-refractivity contribution in [2.24, 2.45) is 5.41 Å². The van der Waals surface area contributed by atoms with E-state index in [1.807, 2.05) is 17.0 Å². The van der Waals surface area contributed by atoms with Crippen LogP contribution >= 0.6 is 11.6 Å². The summed E-state index contributed by atoms with van der Waals surface area (Å²) in [5, 5.41) is 3.52. The van der Waals surface area contributed by atoms with Gasteiger partial charge in [0, 0.05) is 37.1 Å². The smallest absolute Gasteiger partial charge is 0.227 e. The average Bonchev–Trinajstić information content (AvgIpc) is 2.91. The summed E-state index contributed by atoms with van der Waals surface area (Å²) in [5.74, 6) is 0.876. The molecule has 0 aliphatic carbocycles. The second-order valence-corrected chi connectivity index (χ2v) is 6.91. The van der Waals surface area contributed by atoms with Gasteiger partial charge in [-0.05, 0) is 36.5 Å². The molecule has 1 amide bonds. The van der Waals surface area contributed by atoms with Crippen molar-refractivity contribution in [3.8, 4) is 0 Å². The van der Waals surface area contributed by atoms with Crippen molar-refractivity contribution in [2.45, 2.75) is 39.7 Å². The van der Waals surface area contributed by atoms with Crippen molar-refractivity contribution in [1.29, 1.82) is 0 Å². The summed E-state index contributed by atoms with van der Waals surface area (Å²) in [6.07, 6.45) is 1.64. The first-order chi connectivity index (χ1) is 9.93. The number of hydrogen-bond donors (Lipinski definition) is 1. The van der Waals surface area contributed by atoms with Crippen LogP contribution < -0.4 is 10.2 Å². The maximum absolute atomic E-state index is 11.7. The van der Waals surface area contributed by atoms with E-state index < -0.39 is 0 Å². The summed E-state index contributed by atoms with van der Waals surface area (Å²) < 4.78 is 0. The third-order valence-corrected chi connectivity index (χ3v) is 4.75. The van der Waals surface area contributed by atoms with E-state index in [4.69, 9.17) is 11.6 Å². The molecule has 0 aromatic heterocycles. The Morgan fingerprint density at radius 3 is 2.52 bits per heavy atom. The van der Waals surface area contributed by atoms with Gasteiger partial charge in [0.2, 0.25) is 5.91 Å². The monoisotopic (exact) mass is 308 g/mol. The Morgan fingerprint density at radius 1 is 1.33 bits per heavy atom. The van der Waals surface area contributed by atoms with Gasteiger partial charge in [-0.25, -0.2) is 0 Å². The van der Waals surface area contributed by atoms with Crippen LogP contribution in [-0.4, -0.2) is 24.9 Å². The van der Waals surface area contributed by atoms with Gasteiger partial charge in [0.25, 0.3) is 0 Å². The van der Waals surface area contributed by atoms with E-state index in [0.717, 1.165) is 25.2 Å². The topological polar surface area (TPSA) is 32.3 Å². The molecule has 0 spiro atoms. The number of halogens is 1. The first-order valence-corrected chi connectivity index (χ1v) is 8.16. The summed E-state index contributed by atoms with van der Waals surface area (Å²) in [5.41, 5.74) is 2.34. The fourth-order valence-electron chi connectivity index (χ4n) is 2.46. The summed E-state index contributed by atoms with van der Waals surface area (Å²) in [6.45, 7) is 8.18. The molecule has 1 fully saturated rings. The number of rotatable bonds is 6. The molecule has 2 rings (SSSR count). The highest BCUT2D eigenvalue weighted by Gasteiger charge is 2.22. The largest absolute Gasteiger partial charge is 0.312 e. The number of carbonyl (C=O) groups excluding carboxylic acids is 1. The first kappa shape index (κ1) is 16.3. The van der Waals surface area contributed by atoms with E-state index in [9.17, 15) is 4.79 Å². The SMILES string of the molecule is C[C@H](NCC(C)(C)CCl)c1ccc(N2CCCC2=O)cc1. The van der Waals surface area contributed by atoms with Gasteiger partial charge in [0.15, 0.2) is 0 Å². The van der Waals surface area contributed by atoms with Gasteiger partial charge < -0.3 is 10.2 Å². The third kappa shape index (κ3) is 4.21. The summed E-state index contributed by atoms with van der Waals surface area (Å²) in [6, 6.07) is 8.57. The highest BCUT2D eigenvalue weighted by atomic mass is 35.5. The van der Waals surface area contributed by atoms with Crippen molar-refractivity contribution in [3.05, 3.63) is 29.8 Å². The first-order valence-electron chi connectivity index (χ1n) is 7.63. The predicted octanol–water partition coefficient (Wildman–Crippen LogP) is 3.73. The molecule has 0 bridgehead atoms. The van der Waals surface area contributed by atoms with Crippen molar-refractivity contribution in [2.75, 3.05) is 23.9 Å². The number of benzene rings is 1. The van der Waals surface area contributed by atoms with Crippen molar-refractivity contribution < 1.29 is 4.79 Å². The minimum atomic E-state index is 0.0950. The standard InChI is InChI=1S/C17H25ClN2O/c1-13(19-12-17(2,3)11-18)14-6-8-15(9-7-14)20-10-4-5-16(20)21/h6-9,13,19H,4-5,10-12H2,1-3H3/t13-/m0/s1. The van der Waals surface area contributed by atoms with Crippen LogP contribution in [0.1, 0.15) is 45.2 Å². The molecule has 1 N–H and O–H groups in total. The minimum absolute atomic E-state index is 0.0950. The highest BCUT2D eigenvalue weighted by Crippen LogP contribution is 2.24. The Morgan fingerprint density at radius 2 is 2.00 bits per heavy atom. The maximum Gasteiger partial charge on any atom is 0.227 e. The van der Waals surface area contributed by atoms with E-state index in [1.54, 1.807) is 0 Å². The van der Waals surface area contributed by atoms with Crippen LogP contribution in [0, 0.1) is 5.41 Å². The molecule has 1 aliphatic heterocycles. The van der Waals surface area contributed by atoms with Crippen LogP contribution in [0.2, 0.25) is 0 Å². The average molecular weight is 309 g/mol. The maximum atomic E-state index is 11.7. The lowest BCUT2D eigenvalue weighted by atomic mass is 9.95. The lowest BCUT2D eigenvalue weighted by Crippen LogP contribution is -2.32. The van der Waals surface area contributed by atoms with Gasteiger partial charge in [0.1, 0.15) is 0 Å². The van der Waals surface area contributed by atoms with Gasteiger partial charge in [-0.1, -0.05) is 26.0 Å². The molecule has 0 radical (unpaired) electrons. The molecule has 0 saturated carbocycles. The molecule has 1 atom stereocenters. The Bertz CT molecular complexity index is 484. The zero-order chi connectivity index (χ0) is 15.5. The second kappa shape index (κ2) is 6.80. The second-order valence-electron chi connectivity index (χ2n) is 6.64. The molecule has 1 aliphatic rings. The molecule has 116 valence electrons. The quantitative estimate of drug-likeness (QED) is 0.812. The van der Waals surface area contributed by atoms with Crippen LogP contribution in [0.15, 0.2) is 24.3 Å². The zero-order valence-corrected chi connectivity index (χ0v) is 13.9. The fraction of sp³-hybridized carbons (Fsp3) is 0.588. The van der Waals surface area contributed by atoms with Crippen molar-refractivity contribution in [1.82, 2.24) is 5.32 Å². The number of carbonyl (C=O) groups is 1. The molecule has 1 aromatic rings. The van der Waals surface area contributed by atoms with Crippen LogP contribution in [0.4, 0.5) is 5.69 Å². The number of nitrogens with zero attached hydrogens (tertiary/aromatic N) is 1. The van der Waals surface area contributed by atoms with E-state index in [1.165, 1.54) is 5.56 Å². The van der Waals surface area contributed by atoms with Crippen LogP contribution in [0.25, 0.3) is 0 Å². The Kier molecular flexibility index (Phi) is 5.28. The number of alkyl halides is 1. The Balaban J connectivity index is 1.96. The summed E-state index contributed by atoms with van der Waals surface area (Å²) in [4.78, 5) is 13.6. The van der Waals surface area contributed by atoms with Gasteiger partial charge in [0.05, 0.1) is 0 Å². The van der Waals surface area contributed by atoms with E-state index in [2.05, 4.69) is 38.2 Å². The van der Waals surface area contributed by atoms with Crippen molar-refractivity contribution >= 4 is 23.2 Å². The van der Waals surface area contributed by atoms with Gasteiger partial charge >= 0.3 is 0 Å². The molecular formula is C17H25ClN2O. The number of nitrogens with one attached hydrogen (secondary N) is 1. The third-order valence-electron chi connectivity index (χ3n) is 4.03. The fourth-order valence-corrected chi connectivity index (χ4v) is 2.55. The molecular weight excluding hydrogens is 284 g/mol. The van der Waals surface area contributed by atoms with Gasteiger partial charge in [-0.15, -0.1) is 11.6 Å². The molecule has 1 saturated heterocycles. The lowest BCUT2D eigenvalue weighted by Gasteiger charge is -2.25. The van der Waals surface area contributed by atoms with Crippen LogP contribution in [-0.2, 0) is 4.79 Å². The van der Waals surface area contributed by atoms with Crippen LogP contribution in [0.3, 0.4) is 0 Å². The van der Waals surface area contributed by atoms with Gasteiger partial charge in [-0.3, -0.25) is 4.79 Å². The van der Waals surface area contributed by atoms with Crippen LogP contribution in [0.5, 0.6) is 0 Å². The number of hydrogen-bond acceptors (Lipinski definition) is 2. The highest BCUT2D eigenvalue weighted by molar-refractivity contribution is 6.18. The molecule has 1 heterocycles. The lowest BCUT2D eigenvalue weighted by molar-refractivity contribution is -0.117. The molecule has 3 nitrogen and oxygen atoms in total. The van der Waals surface area contributed by atoms with Crippen molar-refractivity contribution in [3.63, 3.8) is 0 Å². The Hall–Kier alpha value is -1.06. The minimum Gasteiger partial charge on any atom is -0.312 e. The van der Waals surface area contributed by atoms with E-state index in [0.29, 0.717) is 12.3 Å². The zero-order valence-electron chi connectivity index (χ0n) is 13.2. The predicted molar refractivity (Wildman–Crippen MR) is 88.9 cm³/mol. The number of amides is 1. The molecule has 4 heteroatoms. The molecule has 1 aromatic carbocycles. The summed E-state index contributed by atoms with van der Waals surface area (Å²) >= 11 is 5.95. The molecule has 0 unspecified atom stereocenters. The van der Waals surface area contributed by atoms with E-state index in [-0.39, 0.29) is 17.4 Å². The Labute approximate surface area is 132 Å².